The van der Waals surface area contributed by atoms with Gasteiger partial charge in [0.2, 0.25) is 0 Å². The first-order valence-electron chi connectivity index (χ1n) is 5.42. The molecule has 1 N–H and O–H groups in total. The number of halogens is 1. The number of carboxylic acids is 1. The Kier molecular flexibility index (Phi) is 3.43. The number of aryl methyl sites for hydroxylation is 2. The molecule has 0 fully saturated rings. The molecule has 1 heterocycles. The van der Waals surface area contributed by atoms with Gasteiger partial charge in [0.05, 0.1) is 12.1 Å². The summed E-state index contributed by atoms with van der Waals surface area (Å²) in [5.41, 5.74) is 2.11. The smallest absolute Gasteiger partial charge is 0.310 e. The number of nitrogens with zero attached hydrogens (tertiary/aromatic N) is 1. The van der Waals surface area contributed by atoms with E-state index >= 15 is 0 Å². The molecule has 0 unspecified atom stereocenters. The van der Waals surface area contributed by atoms with E-state index in [4.69, 9.17) is 5.11 Å². The molecular weight excluding hydrogens is 253 g/mol. The number of hydrogen-bond acceptors (Lipinski definition) is 3. The van der Waals surface area contributed by atoms with Crippen molar-refractivity contribution in [2.45, 2.75) is 20.3 Å². The highest BCUT2D eigenvalue weighted by molar-refractivity contribution is 7.12. The summed E-state index contributed by atoms with van der Waals surface area (Å²) >= 11 is 1.36. The molecule has 3 nitrogen and oxygen atoms in total. The van der Waals surface area contributed by atoms with Crippen LogP contribution in [0.4, 0.5) is 4.39 Å². The van der Waals surface area contributed by atoms with Crippen molar-refractivity contribution in [3.8, 4) is 11.3 Å². The summed E-state index contributed by atoms with van der Waals surface area (Å²) in [5.74, 6) is -1.15. The molecule has 0 amide bonds. The van der Waals surface area contributed by atoms with Crippen molar-refractivity contribution in [3.63, 3.8) is 0 Å². The molecule has 0 radical (unpaired) electrons. The fraction of sp³-hybridized carbons (Fsp3) is 0.231. The lowest BCUT2D eigenvalue weighted by molar-refractivity contribution is -0.136. The van der Waals surface area contributed by atoms with E-state index < -0.39 is 5.97 Å². The van der Waals surface area contributed by atoms with Gasteiger partial charge in [0, 0.05) is 10.4 Å². The van der Waals surface area contributed by atoms with Crippen LogP contribution in [0.2, 0.25) is 0 Å². The molecule has 0 aliphatic heterocycles. The van der Waals surface area contributed by atoms with Crippen LogP contribution < -0.4 is 0 Å². The lowest BCUT2D eigenvalue weighted by Crippen LogP contribution is -1.99. The molecule has 5 heteroatoms. The van der Waals surface area contributed by atoms with Crippen molar-refractivity contribution in [1.82, 2.24) is 4.98 Å². The van der Waals surface area contributed by atoms with Gasteiger partial charge in [-0.15, -0.1) is 11.3 Å². The van der Waals surface area contributed by atoms with Crippen molar-refractivity contribution in [3.05, 3.63) is 39.5 Å². The monoisotopic (exact) mass is 265 g/mol. The molecule has 1 aromatic heterocycles. The molecule has 94 valence electrons. The van der Waals surface area contributed by atoms with Gasteiger partial charge in [-0.05, 0) is 37.6 Å². The quantitative estimate of drug-likeness (QED) is 0.927. The van der Waals surface area contributed by atoms with Crippen LogP contribution in [0.3, 0.4) is 0 Å². The zero-order valence-corrected chi connectivity index (χ0v) is 10.8. The first-order valence-corrected chi connectivity index (χ1v) is 6.23. The normalized spacial score (nSPS) is 10.6. The van der Waals surface area contributed by atoms with E-state index in [1.54, 1.807) is 19.1 Å². The molecule has 0 spiro atoms. The van der Waals surface area contributed by atoms with Crippen LogP contribution in [0.1, 0.15) is 15.4 Å². The second-order valence-electron chi connectivity index (χ2n) is 4.05. The number of carbonyl (C=O) groups is 1. The minimum absolute atomic E-state index is 0.0777. The van der Waals surface area contributed by atoms with Crippen LogP contribution >= 0.6 is 11.3 Å². The third-order valence-corrected chi connectivity index (χ3v) is 3.55. The summed E-state index contributed by atoms with van der Waals surface area (Å²) in [5, 5.41) is 9.30. The number of rotatable bonds is 3. The molecule has 0 saturated carbocycles. The second kappa shape index (κ2) is 4.86. The number of thiazole rings is 1. The average Bonchev–Trinajstić information content (AvgIpc) is 2.62. The van der Waals surface area contributed by atoms with Gasteiger partial charge in [0.25, 0.3) is 0 Å². The number of hydrogen-bond donors (Lipinski definition) is 1. The van der Waals surface area contributed by atoms with Crippen LogP contribution in [0.5, 0.6) is 0 Å². The van der Waals surface area contributed by atoms with Crippen molar-refractivity contribution in [2.75, 3.05) is 0 Å². The summed E-state index contributed by atoms with van der Waals surface area (Å²) < 4.78 is 13.2. The number of benzene rings is 1. The molecule has 0 bridgehead atoms. The minimum Gasteiger partial charge on any atom is -0.481 e. The lowest BCUT2D eigenvalue weighted by Gasteiger charge is -2.01. The van der Waals surface area contributed by atoms with Gasteiger partial charge >= 0.3 is 5.97 Å². The zero-order chi connectivity index (χ0) is 13.3. The number of carboxylic acid groups (broad SMARTS) is 1. The van der Waals surface area contributed by atoms with Crippen molar-refractivity contribution in [2.24, 2.45) is 0 Å². The zero-order valence-electron chi connectivity index (χ0n) is 10.0. The first-order chi connectivity index (χ1) is 8.47. The predicted molar refractivity (Wildman–Crippen MR) is 68.3 cm³/mol. The molecule has 0 aliphatic carbocycles. The summed E-state index contributed by atoms with van der Waals surface area (Å²) in [6, 6.07) is 4.79. The SMILES string of the molecule is Cc1cc(-c2nc(CC(=O)O)sc2C)ccc1F. The maximum absolute atomic E-state index is 13.2. The molecule has 1 aromatic carbocycles. The Balaban J connectivity index is 2.41. The van der Waals surface area contributed by atoms with E-state index in [1.165, 1.54) is 17.4 Å². The highest BCUT2D eigenvalue weighted by atomic mass is 32.1. The molecular formula is C13H12FNO2S. The van der Waals surface area contributed by atoms with E-state index in [1.807, 2.05) is 6.92 Å². The Morgan fingerprint density at radius 1 is 1.44 bits per heavy atom. The lowest BCUT2D eigenvalue weighted by atomic mass is 10.1. The Morgan fingerprint density at radius 3 is 2.78 bits per heavy atom. The maximum atomic E-state index is 13.2. The van der Waals surface area contributed by atoms with Crippen molar-refractivity contribution in [1.29, 1.82) is 0 Å². The summed E-state index contributed by atoms with van der Waals surface area (Å²) in [6.45, 7) is 3.58. The molecule has 0 aliphatic rings. The van der Waals surface area contributed by atoms with Crippen LogP contribution in [0, 0.1) is 19.7 Å². The van der Waals surface area contributed by atoms with Crippen LogP contribution in [0.15, 0.2) is 18.2 Å². The van der Waals surface area contributed by atoms with E-state index in [2.05, 4.69) is 4.98 Å². The van der Waals surface area contributed by atoms with Crippen LogP contribution in [-0.4, -0.2) is 16.1 Å². The van der Waals surface area contributed by atoms with Crippen LogP contribution in [-0.2, 0) is 11.2 Å². The first kappa shape index (κ1) is 12.7. The molecule has 18 heavy (non-hydrogen) atoms. The summed E-state index contributed by atoms with van der Waals surface area (Å²) in [7, 11) is 0. The topological polar surface area (TPSA) is 50.2 Å². The maximum Gasteiger partial charge on any atom is 0.310 e. The van der Waals surface area contributed by atoms with Gasteiger partial charge in [0.1, 0.15) is 10.8 Å². The van der Waals surface area contributed by atoms with Gasteiger partial charge < -0.3 is 5.11 Å². The van der Waals surface area contributed by atoms with E-state index in [0.717, 1.165) is 16.1 Å². The van der Waals surface area contributed by atoms with E-state index in [9.17, 15) is 9.18 Å². The Labute approximate surface area is 108 Å². The highest BCUT2D eigenvalue weighted by Crippen LogP contribution is 2.28. The Hall–Kier alpha value is -1.75. The van der Waals surface area contributed by atoms with E-state index in [0.29, 0.717) is 10.6 Å². The third-order valence-electron chi connectivity index (χ3n) is 2.57. The average molecular weight is 265 g/mol. The molecule has 2 aromatic rings. The number of aromatic nitrogens is 1. The van der Waals surface area contributed by atoms with Gasteiger partial charge in [-0.1, -0.05) is 0 Å². The summed E-state index contributed by atoms with van der Waals surface area (Å²) in [4.78, 5) is 15.9. The Morgan fingerprint density at radius 2 is 2.17 bits per heavy atom. The largest absolute Gasteiger partial charge is 0.481 e. The molecule has 0 atom stereocenters. The van der Waals surface area contributed by atoms with Crippen molar-refractivity contribution < 1.29 is 14.3 Å². The predicted octanol–water partition coefficient (Wildman–Crippen LogP) is 3.19. The van der Waals surface area contributed by atoms with Crippen molar-refractivity contribution >= 4 is 17.3 Å². The Bertz CT molecular complexity index is 607. The summed E-state index contributed by atoms with van der Waals surface area (Å²) in [6.07, 6.45) is -0.0777. The van der Waals surface area contributed by atoms with Gasteiger partial charge in [-0.2, -0.15) is 0 Å². The standard InChI is InChI=1S/C13H12FNO2S/c1-7-5-9(3-4-10(7)14)13-8(2)18-11(15-13)6-12(16)17/h3-5H,6H2,1-2H3,(H,16,17). The molecule has 2 rings (SSSR count). The second-order valence-corrected chi connectivity index (χ2v) is 5.33. The van der Waals surface area contributed by atoms with Crippen LogP contribution in [0.25, 0.3) is 11.3 Å². The molecule has 0 saturated heterocycles. The van der Waals surface area contributed by atoms with Gasteiger partial charge in [-0.3, -0.25) is 4.79 Å². The fourth-order valence-electron chi connectivity index (χ4n) is 1.72. The van der Waals surface area contributed by atoms with Gasteiger partial charge in [-0.25, -0.2) is 9.37 Å². The third kappa shape index (κ3) is 2.56. The minimum atomic E-state index is -0.898. The van der Waals surface area contributed by atoms with E-state index in [-0.39, 0.29) is 12.2 Å². The highest BCUT2D eigenvalue weighted by Gasteiger charge is 2.12. The van der Waals surface area contributed by atoms with Gasteiger partial charge in [0.15, 0.2) is 0 Å². The fourth-order valence-corrected chi connectivity index (χ4v) is 2.66. The number of aliphatic carboxylic acids is 1.